The van der Waals surface area contributed by atoms with Crippen molar-refractivity contribution < 1.29 is 13.5 Å². The smallest absolute Gasteiger partial charge is 0.170 e. The van der Waals surface area contributed by atoms with Gasteiger partial charge in [0.2, 0.25) is 0 Å². The highest BCUT2D eigenvalue weighted by Gasteiger charge is 2.23. The lowest BCUT2D eigenvalue weighted by Crippen LogP contribution is -2.25. The molecule has 0 radical (unpaired) electrons. The third-order valence-corrected chi connectivity index (χ3v) is 2.99. The van der Waals surface area contributed by atoms with Crippen molar-refractivity contribution in [2.75, 3.05) is 13.7 Å². The second-order valence-electron chi connectivity index (χ2n) is 4.22. The highest BCUT2D eigenvalue weighted by Crippen LogP contribution is 2.29. The summed E-state index contributed by atoms with van der Waals surface area (Å²) in [6.07, 6.45) is 1.49. The van der Waals surface area contributed by atoms with Crippen molar-refractivity contribution in [3.05, 3.63) is 59.4 Å². The predicted octanol–water partition coefficient (Wildman–Crippen LogP) is 3.07. The van der Waals surface area contributed by atoms with Crippen LogP contribution in [0.2, 0.25) is 0 Å². The molecule has 0 spiro atoms. The zero-order chi connectivity index (χ0) is 14.5. The van der Waals surface area contributed by atoms with Crippen LogP contribution in [0.3, 0.4) is 0 Å². The van der Waals surface area contributed by atoms with Crippen LogP contribution in [0.15, 0.2) is 36.5 Å². The van der Waals surface area contributed by atoms with Gasteiger partial charge < -0.3 is 10.1 Å². The van der Waals surface area contributed by atoms with Gasteiger partial charge in [0.1, 0.15) is 5.82 Å². The fraction of sp³-hybridized carbons (Fsp3) is 0.267. The van der Waals surface area contributed by atoms with E-state index in [0.29, 0.717) is 12.1 Å². The second-order valence-corrected chi connectivity index (χ2v) is 4.22. The summed E-state index contributed by atoms with van der Waals surface area (Å²) >= 11 is 0. The van der Waals surface area contributed by atoms with Crippen LogP contribution in [0, 0.1) is 11.6 Å². The monoisotopic (exact) mass is 278 g/mol. The van der Waals surface area contributed by atoms with Crippen molar-refractivity contribution in [3.63, 3.8) is 0 Å². The molecule has 0 saturated heterocycles. The van der Waals surface area contributed by atoms with Crippen LogP contribution in [0.4, 0.5) is 8.78 Å². The first kappa shape index (κ1) is 14.4. The molecule has 2 aromatic rings. The van der Waals surface area contributed by atoms with E-state index in [2.05, 4.69) is 10.3 Å². The minimum absolute atomic E-state index is 0.127. The van der Waals surface area contributed by atoms with Crippen molar-refractivity contribution in [2.45, 2.75) is 13.0 Å². The van der Waals surface area contributed by atoms with Gasteiger partial charge >= 0.3 is 0 Å². The third kappa shape index (κ3) is 2.77. The molecule has 3 nitrogen and oxygen atoms in total. The summed E-state index contributed by atoms with van der Waals surface area (Å²) in [5.74, 6) is -0.853. The molecule has 1 aromatic heterocycles. The molecule has 1 N–H and O–H groups in total. The number of halogens is 2. The lowest BCUT2D eigenvalue weighted by molar-refractivity contribution is 0.381. The van der Waals surface area contributed by atoms with E-state index in [0.717, 1.165) is 0 Å². The Balaban J connectivity index is 2.52. The van der Waals surface area contributed by atoms with E-state index < -0.39 is 17.7 Å². The van der Waals surface area contributed by atoms with Crippen LogP contribution in [0.25, 0.3) is 0 Å². The van der Waals surface area contributed by atoms with Crippen molar-refractivity contribution in [1.82, 2.24) is 10.3 Å². The number of hydrogen-bond acceptors (Lipinski definition) is 3. The fourth-order valence-corrected chi connectivity index (χ4v) is 2.08. The summed E-state index contributed by atoms with van der Waals surface area (Å²) in [7, 11) is 1.39. The average molecular weight is 278 g/mol. The lowest BCUT2D eigenvalue weighted by Gasteiger charge is -2.19. The van der Waals surface area contributed by atoms with Gasteiger partial charge in [0.25, 0.3) is 0 Å². The van der Waals surface area contributed by atoms with E-state index in [9.17, 15) is 8.78 Å². The summed E-state index contributed by atoms with van der Waals surface area (Å²) in [6, 6.07) is 6.95. The number of pyridine rings is 1. The molecule has 0 saturated carbocycles. The molecule has 0 fully saturated rings. The summed E-state index contributed by atoms with van der Waals surface area (Å²) < 4.78 is 33.2. The Hall–Kier alpha value is -2.01. The molecule has 0 aliphatic rings. The van der Waals surface area contributed by atoms with Crippen LogP contribution in [-0.4, -0.2) is 18.6 Å². The number of benzene rings is 1. The molecule has 5 heteroatoms. The van der Waals surface area contributed by atoms with Gasteiger partial charge in [-0.25, -0.2) is 8.78 Å². The van der Waals surface area contributed by atoms with Crippen LogP contribution in [0.1, 0.15) is 24.2 Å². The van der Waals surface area contributed by atoms with Gasteiger partial charge in [-0.3, -0.25) is 4.98 Å². The Bertz CT molecular complexity index is 590. The Kier molecular flexibility index (Phi) is 4.63. The number of nitrogens with zero attached hydrogens (tertiary/aromatic N) is 1. The van der Waals surface area contributed by atoms with Gasteiger partial charge in [0, 0.05) is 11.8 Å². The largest absolute Gasteiger partial charge is 0.494 e. The summed E-state index contributed by atoms with van der Waals surface area (Å²) in [4.78, 5) is 4.03. The first-order valence-corrected chi connectivity index (χ1v) is 6.35. The molecule has 1 unspecified atom stereocenters. The SMILES string of the molecule is CCNC(c1cccc(OC)c1F)c1ncccc1F. The summed E-state index contributed by atoms with van der Waals surface area (Å²) in [5, 5.41) is 3.05. The van der Waals surface area contributed by atoms with E-state index in [-0.39, 0.29) is 11.4 Å². The maximum absolute atomic E-state index is 14.3. The van der Waals surface area contributed by atoms with Gasteiger partial charge in [-0.2, -0.15) is 0 Å². The molecule has 0 aliphatic heterocycles. The Morgan fingerprint density at radius 3 is 2.70 bits per heavy atom. The molecule has 0 amide bonds. The quantitative estimate of drug-likeness (QED) is 0.912. The first-order chi connectivity index (χ1) is 9.69. The lowest BCUT2D eigenvalue weighted by atomic mass is 10.0. The maximum atomic E-state index is 14.3. The molecule has 0 bridgehead atoms. The zero-order valence-corrected chi connectivity index (χ0v) is 11.4. The first-order valence-electron chi connectivity index (χ1n) is 6.35. The molecule has 1 aromatic carbocycles. The van der Waals surface area contributed by atoms with E-state index >= 15 is 0 Å². The van der Waals surface area contributed by atoms with E-state index in [1.807, 2.05) is 6.92 Å². The van der Waals surface area contributed by atoms with E-state index in [1.165, 1.54) is 31.5 Å². The molecule has 20 heavy (non-hydrogen) atoms. The fourth-order valence-electron chi connectivity index (χ4n) is 2.08. The summed E-state index contributed by atoms with van der Waals surface area (Å²) in [5.41, 5.74) is 0.477. The van der Waals surface area contributed by atoms with Crippen LogP contribution in [-0.2, 0) is 0 Å². The molecular formula is C15H16F2N2O. The Morgan fingerprint density at radius 2 is 2.05 bits per heavy atom. The number of hydrogen-bond donors (Lipinski definition) is 1. The topological polar surface area (TPSA) is 34.1 Å². The maximum Gasteiger partial charge on any atom is 0.170 e. The van der Waals surface area contributed by atoms with E-state index in [4.69, 9.17) is 4.74 Å². The highest BCUT2D eigenvalue weighted by atomic mass is 19.1. The number of aromatic nitrogens is 1. The zero-order valence-electron chi connectivity index (χ0n) is 11.4. The van der Waals surface area contributed by atoms with Crippen molar-refractivity contribution >= 4 is 0 Å². The van der Waals surface area contributed by atoms with Gasteiger partial charge in [-0.05, 0) is 24.7 Å². The number of ether oxygens (including phenoxy) is 1. The number of nitrogens with one attached hydrogen (secondary N) is 1. The molecular weight excluding hydrogens is 262 g/mol. The van der Waals surface area contributed by atoms with Crippen molar-refractivity contribution in [3.8, 4) is 5.75 Å². The molecule has 0 aliphatic carbocycles. The third-order valence-electron chi connectivity index (χ3n) is 2.99. The van der Waals surface area contributed by atoms with Crippen molar-refractivity contribution in [1.29, 1.82) is 0 Å². The number of methoxy groups -OCH3 is 1. The minimum Gasteiger partial charge on any atom is -0.494 e. The average Bonchev–Trinajstić information content (AvgIpc) is 2.46. The van der Waals surface area contributed by atoms with Crippen LogP contribution >= 0.6 is 0 Å². The minimum atomic E-state index is -0.656. The highest BCUT2D eigenvalue weighted by molar-refractivity contribution is 5.37. The Labute approximate surface area is 116 Å². The molecule has 106 valence electrons. The summed E-state index contributed by atoms with van der Waals surface area (Å²) in [6.45, 7) is 2.42. The molecule has 1 heterocycles. The molecule has 2 rings (SSSR count). The second kappa shape index (κ2) is 6.43. The van der Waals surface area contributed by atoms with Gasteiger partial charge in [-0.1, -0.05) is 19.1 Å². The van der Waals surface area contributed by atoms with Gasteiger partial charge in [0.15, 0.2) is 11.6 Å². The predicted molar refractivity (Wildman–Crippen MR) is 72.7 cm³/mol. The van der Waals surface area contributed by atoms with E-state index in [1.54, 1.807) is 12.1 Å². The standard InChI is InChI=1S/C15H16F2N2O/c1-3-18-14(15-11(16)7-5-9-19-15)10-6-4-8-12(20-2)13(10)17/h4-9,14,18H,3H2,1-2H3. The normalized spacial score (nSPS) is 12.2. The van der Waals surface area contributed by atoms with Crippen molar-refractivity contribution in [2.24, 2.45) is 0 Å². The Morgan fingerprint density at radius 1 is 1.25 bits per heavy atom. The van der Waals surface area contributed by atoms with Gasteiger partial charge in [0.05, 0.1) is 18.8 Å². The van der Waals surface area contributed by atoms with Gasteiger partial charge in [-0.15, -0.1) is 0 Å². The van der Waals surface area contributed by atoms with Crippen LogP contribution < -0.4 is 10.1 Å². The molecule has 1 atom stereocenters. The van der Waals surface area contributed by atoms with Crippen LogP contribution in [0.5, 0.6) is 5.75 Å². The number of rotatable bonds is 5.